The second kappa shape index (κ2) is 8.20. The number of benzene rings is 3. The van der Waals surface area contributed by atoms with Gasteiger partial charge in [-0.05, 0) is 36.8 Å². The van der Waals surface area contributed by atoms with E-state index in [9.17, 15) is 13.2 Å². The lowest BCUT2D eigenvalue weighted by atomic mass is 10.1. The number of nitrogens with zero attached hydrogens (tertiary/aromatic N) is 1. The second-order valence-corrected chi connectivity index (χ2v) is 9.04. The molecule has 30 heavy (non-hydrogen) atoms. The van der Waals surface area contributed by atoms with Crippen molar-refractivity contribution in [2.75, 3.05) is 22.4 Å². The van der Waals surface area contributed by atoms with Crippen LogP contribution in [0.15, 0.2) is 77.2 Å². The highest BCUT2D eigenvalue weighted by molar-refractivity contribution is 7.92. The van der Waals surface area contributed by atoms with Crippen molar-refractivity contribution < 1.29 is 17.6 Å². The zero-order chi connectivity index (χ0) is 21.1. The molecule has 4 aromatic rings. The number of furan rings is 1. The number of nitrogens with one attached hydrogen (secondary N) is 1. The van der Waals surface area contributed by atoms with E-state index in [0.717, 1.165) is 16.4 Å². The summed E-state index contributed by atoms with van der Waals surface area (Å²) in [4.78, 5) is 12.4. The Bertz CT molecular complexity index is 1300. The van der Waals surface area contributed by atoms with Crippen molar-refractivity contribution in [3.05, 3.63) is 72.8 Å². The van der Waals surface area contributed by atoms with Crippen LogP contribution < -0.4 is 9.62 Å². The standard InChI is InChI=1S/C23H22N2O4S/c1-30(27,28)25(18-8-3-2-4-9-18)15-7-12-23(26)24-17-13-14-20-19-10-5-6-11-21(19)29-22(20)16-17/h2-6,8-11,13-14,16H,7,12,15H2,1H3,(H,24,26). The van der Waals surface area contributed by atoms with Gasteiger partial charge in [-0.15, -0.1) is 0 Å². The first-order valence-electron chi connectivity index (χ1n) is 9.66. The minimum atomic E-state index is -3.42. The number of para-hydroxylation sites is 2. The highest BCUT2D eigenvalue weighted by Crippen LogP contribution is 2.30. The number of anilines is 2. The van der Waals surface area contributed by atoms with Crippen LogP contribution in [0.3, 0.4) is 0 Å². The Morgan fingerprint density at radius 1 is 0.933 bits per heavy atom. The van der Waals surface area contributed by atoms with Gasteiger partial charge < -0.3 is 9.73 Å². The van der Waals surface area contributed by atoms with Crippen LogP contribution in [-0.2, 0) is 14.8 Å². The molecule has 3 aromatic carbocycles. The van der Waals surface area contributed by atoms with E-state index in [1.807, 2.05) is 42.5 Å². The minimum Gasteiger partial charge on any atom is -0.456 e. The average molecular weight is 423 g/mol. The van der Waals surface area contributed by atoms with Crippen molar-refractivity contribution >= 4 is 49.2 Å². The van der Waals surface area contributed by atoms with Gasteiger partial charge in [0.2, 0.25) is 15.9 Å². The molecule has 154 valence electrons. The lowest BCUT2D eigenvalue weighted by Crippen LogP contribution is -2.31. The van der Waals surface area contributed by atoms with Gasteiger partial charge in [-0.3, -0.25) is 9.10 Å². The van der Waals surface area contributed by atoms with Gasteiger partial charge in [-0.2, -0.15) is 0 Å². The lowest BCUT2D eigenvalue weighted by Gasteiger charge is -2.22. The maximum absolute atomic E-state index is 12.4. The Kier molecular flexibility index (Phi) is 5.46. The molecule has 0 radical (unpaired) electrons. The van der Waals surface area contributed by atoms with Crippen LogP contribution in [0.2, 0.25) is 0 Å². The highest BCUT2D eigenvalue weighted by Gasteiger charge is 2.17. The number of carbonyl (C=O) groups is 1. The monoisotopic (exact) mass is 422 g/mol. The predicted octanol–water partition coefficient (Wildman–Crippen LogP) is 4.77. The van der Waals surface area contributed by atoms with Crippen molar-refractivity contribution in [1.29, 1.82) is 0 Å². The molecule has 0 spiro atoms. The van der Waals surface area contributed by atoms with Crippen LogP contribution in [-0.4, -0.2) is 27.1 Å². The first-order valence-corrected chi connectivity index (χ1v) is 11.5. The van der Waals surface area contributed by atoms with E-state index in [4.69, 9.17) is 4.42 Å². The first-order chi connectivity index (χ1) is 14.4. The number of fused-ring (bicyclic) bond motifs is 3. The van der Waals surface area contributed by atoms with E-state index in [2.05, 4.69) is 5.32 Å². The molecular formula is C23H22N2O4S. The lowest BCUT2D eigenvalue weighted by molar-refractivity contribution is -0.116. The van der Waals surface area contributed by atoms with Crippen LogP contribution >= 0.6 is 0 Å². The van der Waals surface area contributed by atoms with Crippen molar-refractivity contribution in [1.82, 2.24) is 0 Å². The topological polar surface area (TPSA) is 79.6 Å². The van der Waals surface area contributed by atoms with Gasteiger partial charge in [0.25, 0.3) is 0 Å². The third kappa shape index (κ3) is 4.31. The Labute approximate surface area is 175 Å². The SMILES string of the molecule is CS(=O)(=O)N(CCCC(=O)Nc1ccc2c(c1)oc1ccccc12)c1ccccc1. The zero-order valence-electron chi connectivity index (χ0n) is 16.5. The number of rotatable bonds is 7. The Morgan fingerprint density at radius 3 is 2.40 bits per heavy atom. The fraction of sp³-hybridized carbons (Fsp3) is 0.174. The Hall–Kier alpha value is -3.32. The summed E-state index contributed by atoms with van der Waals surface area (Å²) >= 11 is 0. The molecule has 1 amide bonds. The van der Waals surface area contributed by atoms with Gasteiger partial charge in [0.1, 0.15) is 11.2 Å². The quantitative estimate of drug-likeness (QED) is 0.465. The highest BCUT2D eigenvalue weighted by atomic mass is 32.2. The zero-order valence-corrected chi connectivity index (χ0v) is 17.4. The second-order valence-electron chi connectivity index (χ2n) is 7.13. The van der Waals surface area contributed by atoms with Crippen LogP contribution in [0, 0.1) is 0 Å². The molecule has 4 rings (SSSR count). The summed E-state index contributed by atoms with van der Waals surface area (Å²) in [6.45, 7) is 0.235. The van der Waals surface area contributed by atoms with Crippen molar-refractivity contribution in [2.24, 2.45) is 0 Å². The van der Waals surface area contributed by atoms with E-state index in [1.165, 1.54) is 10.6 Å². The summed E-state index contributed by atoms with van der Waals surface area (Å²) in [5.74, 6) is -0.174. The summed E-state index contributed by atoms with van der Waals surface area (Å²) in [6, 6.07) is 22.2. The summed E-state index contributed by atoms with van der Waals surface area (Å²) in [7, 11) is -3.42. The van der Waals surface area contributed by atoms with E-state index in [0.29, 0.717) is 23.4 Å². The molecule has 0 aliphatic carbocycles. The van der Waals surface area contributed by atoms with Crippen LogP contribution in [0.25, 0.3) is 21.9 Å². The predicted molar refractivity (Wildman–Crippen MR) is 120 cm³/mol. The maximum Gasteiger partial charge on any atom is 0.232 e. The molecule has 0 aliphatic rings. The molecule has 1 N–H and O–H groups in total. The fourth-order valence-electron chi connectivity index (χ4n) is 3.49. The van der Waals surface area contributed by atoms with Crippen molar-refractivity contribution in [3.8, 4) is 0 Å². The molecule has 0 aliphatic heterocycles. The van der Waals surface area contributed by atoms with Crippen LogP contribution in [0.1, 0.15) is 12.8 Å². The van der Waals surface area contributed by atoms with Gasteiger partial charge >= 0.3 is 0 Å². The van der Waals surface area contributed by atoms with Crippen molar-refractivity contribution in [3.63, 3.8) is 0 Å². The molecule has 1 aromatic heterocycles. The molecule has 0 fully saturated rings. The summed E-state index contributed by atoms with van der Waals surface area (Å²) in [5.41, 5.74) is 2.75. The van der Waals surface area contributed by atoms with E-state index in [-0.39, 0.29) is 18.9 Å². The normalized spacial score (nSPS) is 11.6. The molecule has 1 heterocycles. The Balaban J connectivity index is 1.40. The number of hydrogen-bond donors (Lipinski definition) is 1. The van der Waals surface area contributed by atoms with Crippen LogP contribution in [0.5, 0.6) is 0 Å². The van der Waals surface area contributed by atoms with Gasteiger partial charge in [-0.1, -0.05) is 36.4 Å². The molecular weight excluding hydrogens is 400 g/mol. The molecule has 7 heteroatoms. The summed E-state index contributed by atoms with van der Waals surface area (Å²) in [6.07, 6.45) is 1.78. The van der Waals surface area contributed by atoms with Gasteiger partial charge in [-0.25, -0.2) is 8.42 Å². The third-order valence-electron chi connectivity index (χ3n) is 4.87. The van der Waals surface area contributed by atoms with E-state index < -0.39 is 10.0 Å². The number of amides is 1. The fourth-order valence-corrected chi connectivity index (χ4v) is 4.46. The number of sulfonamides is 1. The minimum absolute atomic E-state index is 0.174. The smallest absolute Gasteiger partial charge is 0.232 e. The largest absolute Gasteiger partial charge is 0.456 e. The molecule has 0 unspecified atom stereocenters. The molecule has 0 atom stereocenters. The molecule has 0 saturated heterocycles. The maximum atomic E-state index is 12.4. The van der Waals surface area contributed by atoms with Gasteiger partial charge in [0.15, 0.2) is 0 Å². The van der Waals surface area contributed by atoms with E-state index in [1.54, 1.807) is 30.3 Å². The van der Waals surface area contributed by atoms with Gasteiger partial charge in [0, 0.05) is 35.5 Å². The third-order valence-corrected chi connectivity index (χ3v) is 6.07. The number of carbonyl (C=O) groups excluding carboxylic acids is 1. The Morgan fingerprint density at radius 2 is 1.63 bits per heavy atom. The average Bonchev–Trinajstić information content (AvgIpc) is 3.08. The van der Waals surface area contributed by atoms with Crippen molar-refractivity contribution in [2.45, 2.75) is 12.8 Å². The number of hydrogen-bond acceptors (Lipinski definition) is 4. The van der Waals surface area contributed by atoms with E-state index >= 15 is 0 Å². The molecule has 0 saturated carbocycles. The van der Waals surface area contributed by atoms with Gasteiger partial charge in [0.05, 0.1) is 11.9 Å². The molecule has 0 bridgehead atoms. The summed E-state index contributed by atoms with van der Waals surface area (Å²) in [5, 5.41) is 4.89. The van der Waals surface area contributed by atoms with Crippen LogP contribution in [0.4, 0.5) is 11.4 Å². The molecule has 6 nitrogen and oxygen atoms in total. The first kappa shape index (κ1) is 20.0. The summed E-state index contributed by atoms with van der Waals surface area (Å²) < 4.78 is 31.4.